The van der Waals surface area contributed by atoms with Crippen molar-refractivity contribution in [3.8, 4) is 0 Å². The van der Waals surface area contributed by atoms with Crippen molar-refractivity contribution in [1.82, 2.24) is 9.88 Å². The van der Waals surface area contributed by atoms with Crippen LogP contribution in [0.15, 0.2) is 47.4 Å². The van der Waals surface area contributed by atoms with E-state index in [4.69, 9.17) is 23.8 Å². The Bertz CT molecular complexity index is 929. The number of thiocarbonyl (C=S) groups is 1. The summed E-state index contributed by atoms with van der Waals surface area (Å²) in [5.41, 5.74) is 1.68. The van der Waals surface area contributed by atoms with Crippen LogP contribution >= 0.6 is 35.6 Å². The van der Waals surface area contributed by atoms with Gasteiger partial charge in [0.05, 0.1) is 4.91 Å². The number of amides is 2. The van der Waals surface area contributed by atoms with Gasteiger partial charge in [-0.05, 0) is 42.8 Å². The molecule has 0 radical (unpaired) electrons. The van der Waals surface area contributed by atoms with Crippen molar-refractivity contribution < 1.29 is 9.59 Å². The number of pyridine rings is 1. The molecule has 0 aliphatic carbocycles. The number of nitrogens with one attached hydrogen (secondary N) is 1. The zero-order valence-electron chi connectivity index (χ0n) is 14.4. The average molecular weight is 418 g/mol. The van der Waals surface area contributed by atoms with Gasteiger partial charge in [0.2, 0.25) is 5.91 Å². The third kappa shape index (κ3) is 5.15. The molecule has 2 amide bonds. The topological polar surface area (TPSA) is 62.3 Å². The lowest BCUT2D eigenvalue weighted by Crippen LogP contribution is -2.31. The molecule has 5 nitrogen and oxygen atoms in total. The zero-order valence-corrected chi connectivity index (χ0v) is 16.8. The maximum absolute atomic E-state index is 12.6. The predicted octanol–water partition coefficient (Wildman–Crippen LogP) is 4.27. The van der Waals surface area contributed by atoms with Gasteiger partial charge in [-0.3, -0.25) is 14.5 Å². The van der Waals surface area contributed by atoms with Crippen molar-refractivity contribution in [1.29, 1.82) is 0 Å². The highest BCUT2D eigenvalue weighted by Crippen LogP contribution is 2.32. The summed E-state index contributed by atoms with van der Waals surface area (Å²) in [4.78, 5) is 30.9. The van der Waals surface area contributed by atoms with E-state index in [1.807, 2.05) is 31.2 Å². The molecule has 3 rings (SSSR count). The Balaban J connectivity index is 1.60. The first-order valence-corrected chi connectivity index (χ1v) is 9.77. The predicted molar refractivity (Wildman–Crippen MR) is 114 cm³/mol. The summed E-state index contributed by atoms with van der Waals surface area (Å²) < 4.78 is 0.446. The second kappa shape index (κ2) is 8.65. The van der Waals surface area contributed by atoms with Crippen LogP contribution in [0.4, 0.5) is 5.82 Å². The fourth-order valence-corrected chi connectivity index (χ4v) is 3.87. The third-order valence-electron chi connectivity index (χ3n) is 3.76. The second-order valence-electron chi connectivity index (χ2n) is 5.85. The number of carbonyl (C=O) groups is 2. The summed E-state index contributed by atoms with van der Waals surface area (Å²) in [7, 11) is 0. The van der Waals surface area contributed by atoms with Crippen molar-refractivity contribution in [2.24, 2.45) is 0 Å². The number of hydrogen-bond acceptors (Lipinski definition) is 5. The second-order valence-corrected chi connectivity index (χ2v) is 7.96. The molecule has 1 saturated heterocycles. The molecule has 2 aromatic rings. The van der Waals surface area contributed by atoms with Crippen LogP contribution in [-0.4, -0.2) is 32.6 Å². The molecule has 1 fully saturated rings. The summed E-state index contributed by atoms with van der Waals surface area (Å²) >= 11 is 12.4. The van der Waals surface area contributed by atoms with E-state index in [1.165, 1.54) is 16.7 Å². The molecule has 1 aromatic heterocycles. The zero-order chi connectivity index (χ0) is 19.4. The largest absolute Gasteiger partial charge is 0.311 e. The van der Waals surface area contributed by atoms with Gasteiger partial charge in [0.15, 0.2) is 0 Å². The normalized spacial score (nSPS) is 15.5. The molecule has 0 spiro atoms. The monoisotopic (exact) mass is 417 g/mol. The smallest absolute Gasteiger partial charge is 0.266 e. The van der Waals surface area contributed by atoms with E-state index in [1.54, 1.807) is 24.3 Å². The minimum atomic E-state index is -0.219. The third-order valence-corrected chi connectivity index (χ3v) is 5.39. The van der Waals surface area contributed by atoms with Gasteiger partial charge in [-0.25, -0.2) is 4.98 Å². The van der Waals surface area contributed by atoms with Crippen molar-refractivity contribution in [2.45, 2.75) is 13.3 Å². The van der Waals surface area contributed by atoms with E-state index in [2.05, 4.69) is 10.3 Å². The number of anilines is 1. The highest BCUT2D eigenvalue weighted by molar-refractivity contribution is 8.26. The first kappa shape index (κ1) is 19.5. The quantitative estimate of drug-likeness (QED) is 0.581. The molecule has 1 aliphatic rings. The molecule has 1 N–H and O–H groups in total. The molecule has 0 bridgehead atoms. The van der Waals surface area contributed by atoms with Crippen LogP contribution in [0.5, 0.6) is 0 Å². The molecule has 8 heteroatoms. The number of aryl methyl sites for hydroxylation is 1. The van der Waals surface area contributed by atoms with E-state index >= 15 is 0 Å². The number of benzene rings is 1. The lowest BCUT2D eigenvalue weighted by molar-refractivity contribution is -0.122. The Morgan fingerprint density at radius 2 is 2.04 bits per heavy atom. The summed E-state index contributed by atoms with van der Waals surface area (Å²) in [6.45, 7) is 2.07. The number of carbonyl (C=O) groups excluding carboxylic acids is 2. The molecule has 0 unspecified atom stereocenters. The number of nitrogens with zero attached hydrogens (tertiary/aromatic N) is 2. The van der Waals surface area contributed by atoms with Gasteiger partial charge in [0, 0.05) is 23.7 Å². The number of aromatic nitrogens is 1. The van der Waals surface area contributed by atoms with Gasteiger partial charge in [-0.1, -0.05) is 53.8 Å². The minimum absolute atomic E-state index is 0.135. The van der Waals surface area contributed by atoms with Gasteiger partial charge in [-0.2, -0.15) is 0 Å². The van der Waals surface area contributed by atoms with Gasteiger partial charge in [0.1, 0.15) is 10.1 Å². The van der Waals surface area contributed by atoms with E-state index in [-0.39, 0.29) is 24.8 Å². The first-order valence-electron chi connectivity index (χ1n) is 8.17. The minimum Gasteiger partial charge on any atom is -0.311 e. The maximum atomic E-state index is 12.6. The van der Waals surface area contributed by atoms with Crippen LogP contribution in [0.2, 0.25) is 5.02 Å². The van der Waals surface area contributed by atoms with E-state index in [0.29, 0.717) is 20.1 Å². The molecule has 2 heterocycles. The molecule has 138 valence electrons. The Kier molecular flexibility index (Phi) is 6.26. The number of hydrogen-bond donors (Lipinski definition) is 1. The fraction of sp³-hybridized carbons (Fsp3) is 0.158. The Labute approximate surface area is 171 Å². The molecule has 1 aliphatic heterocycles. The first-order chi connectivity index (χ1) is 12.9. The van der Waals surface area contributed by atoms with E-state index < -0.39 is 0 Å². The number of thioether (sulfide) groups is 1. The highest BCUT2D eigenvalue weighted by atomic mass is 35.5. The highest BCUT2D eigenvalue weighted by Gasteiger charge is 2.32. The number of rotatable bonds is 5. The van der Waals surface area contributed by atoms with E-state index in [0.717, 1.165) is 11.3 Å². The standard InChI is InChI=1S/C19H16ClN3O2S2/c1-12-3-2-4-16(21-12)22-17(24)9-10-23-18(25)15(27-19(23)26)11-13-5-7-14(20)8-6-13/h2-8,11H,9-10H2,1H3,(H,21,22,24)/b15-11-. The van der Waals surface area contributed by atoms with Crippen LogP contribution in [-0.2, 0) is 9.59 Å². The SMILES string of the molecule is Cc1cccc(NC(=O)CCN2C(=O)/C(=C/c3ccc(Cl)cc3)SC2=S)n1. The van der Waals surface area contributed by atoms with Crippen LogP contribution < -0.4 is 5.32 Å². The molecule has 0 saturated carbocycles. The summed E-state index contributed by atoms with van der Waals surface area (Å²) in [6.07, 6.45) is 1.91. The van der Waals surface area contributed by atoms with Gasteiger partial charge >= 0.3 is 0 Å². The molecular formula is C19H16ClN3O2S2. The van der Waals surface area contributed by atoms with Crippen LogP contribution in [0.1, 0.15) is 17.7 Å². The van der Waals surface area contributed by atoms with Crippen LogP contribution in [0.3, 0.4) is 0 Å². The van der Waals surface area contributed by atoms with Crippen molar-refractivity contribution in [3.05, 3.63) is 63.6 Å². The van der Waals surface area contributed by atoms with Gasteiger partial charge in [0.25, 0.3) is 5.91 Å². The summed E-state index contributed by atoms with van der Waals surface area (Å²) in [6, 6.07) is 12.6. The maximum Gasteiger partial charge on any atom is 0.266 e. The lowest BCUT2D eigenvalue weighted by atomic mass is 10.2. The Hall–Kier alpha value is -2.22. The van der Waals surface area contributed by atoms with Gasteiger partial charge in [-0.15, -0.1) is 0 Å². The van der Waals surface area contributed by atoms with Crippen molar-refractivity contribution in [3.63, 3.8) is 0 Å². The van der Waals surface area contributed by atoms with Crippen LogP contribution in [0, 0.1) is 6.92 Å². The van der Waals surface area contributed by atoms with E-state index in [9.17, 15) is 9.59 Å². The van der Waals surface area contributed by atoms with Crippen LogP contribution in [0.25, 0.3) is 6.08 Å². The van der Waals surface area contributed by atoms with Crippen molar-refractivity contribution in [2.75, 3.05) is 11.9 Å². The molecule has 1 aromatic carbocycles. The number of halogens is 1. The summed E-state index contributed by atoms with van der Waals surface area (Å²) in [5.74, 6) is 0.0817. The fourth-order valence-electron chi connectivity index (χ4n) is 2.43. The summed E-state index contributed by atoms with van der Waals surface area (Å²) in [5, 5.41) is 3.36. The Morgan fingerprint density at radius 3 is 2.74 bits per heavy atom. The molecule has 0 atom stereocenters. The average Bonchev–Trinajstić information content (AvgIpc) is 2.88. The van der Waals surface area contributed by atoms with Gasteiger partial charge < -0.3 is 5.32 Å². The molecular weight excluding hydrogens is 402 g/mol. The van der Waals surface area contributed by atoms with Crippen molar-refractivity contribution >= 4 is 63.6 Å². The lowest BCUT2D eigenvalue weighted by Gasteiger charge is -2.14. The Morgan fingerprint density at radius 1 is 1.30 bits per heavy atom. The molecule has 27 heavy (non-hydrogen) atoms.